The predicted molar refractivity (Wildman–Crippen MR) is 118 cm³/mol. The summed E-state index contributed by atoms with van der Waals surface area (Å²) in [5.74, 6) is 1.43. The maximum Gasteiger partial charge on any atom is 0.193 e. The van der Waals surface area contributed by atoms with Crippen LogP contribution in [0.4, 0.5) is 5.69 Å². The SMILES string of the molecule is Cc1ccc(NC(N)=NCCc2nccn2Cc2ccccc2)cc1.I. The first-order chi connectivity index (χ1) is 12.2. The van der Waals surface area contributed by atoms with Crippen LogP contribution in [0.15, 0.2) is 72.0 Å². The van der Waals surface area contributed by atoms with Gasteiger partial charge in [0.25, 0.3) is 0 Å². The molecule has 0 aliphatic rings. The Morgan fingerprint density at radius 2 is 1.85 bits per heavy atom. The molecule has 0 atom stereocenters. The van der Waals surface area contributed by atoms with Crippen LogP contribution in [0.2, 0.25) is 0 Å². The molecule has 0 aliphatic carbocycles. The number of guanidine groups is 1. The number of hydrogen-bond acceptors (Lipinski definition) is 2. The molecule has 2 aromatic carbocycles. The fraction of sp³-hybridized carbons (Fsp3) is 0.200. The van der Waals surface area contributed by atoms with E-state index in [1.807, 2.05) is 54.9 Å². The zero-order valence-corrected chi connectivity index (χ0v) is 17.1. The first-order valence-electron chi connectivity index (χ1n) is 8.38. The highest BCUT2D eigenvalue weighted by atomic mass is 127. The molecule has 26 heavy (non-hydrogen) atoms. The lowest BCUT2D eigenvalue weighted by Gasteiger charge is -2.08. The zero-order chi connectivity index (χ0) is 17.5. The van der Waals surface area contributed by atoms with Gasteiger partial charge < -0.3 is 15.6 Å². The number of nitrogens with one attached hydrogen (secondary N) is 1. The second kappa shape index (κ2) is 9.96. The Morgan fingerprint density at radius 3 is 2.58 bits per heavy atom. The average molecular weight is 461 g/mol. The highest BCUT2D eigenvalue weighted by molar-refractivity contribution is 14.0. The van der Waals surface area contributed by atoms with Crippen LogP contribution in [0.1, 0.15) is 17.0 Å². The van der Waals surface area contributed by atoms with Gasteiger partial charge in [-0.15, -0.1) is 24.0 Å². The fourth-order valence-corrected chi connectivity index (χ4v) is 2.59. The summed E-state index contributed by atoms with van der Waals surface area (Å²) in [6, 6.07) is 18.4. The predicted octanol–water partition coefficient (Wildman–Crippen LogP) is 3.83. The van der Waals surface area contributed by atoms with Crippen molar-refractivity contribution in [3.8, 4) is 0 Å². The van der Waals surface area contributed by atoms with Crippen molar-refractivity contribution in [1.82, 2.24) is 9.55 Å². The van der Waals surface area contributed by atoms with Crippen molar-refractivity contribution in [2.75, 3.05) is 11.9 Å². The standard InChI is InChI=1S/C20H23N5.HI/c1-16-7-9-18(10-8-16)24-20(21)23-12-11-19-22-13-14-25(19)15-17-5-3-2-4-6-17;/h2-10,13-14H,11-12,15H2,1H3,(H3,21,23,24);1H. The highest BCUT2D eigenvalue weighted by Crippen LogP contribution is 2.08. The van der Waals surface area contributed by atoms with Gasteiger partial charge in [-0.2, -0.15) is 0 Å². The molecule has 0 spiro atoms. The summed E-state index contributed by atoms with van der Waals surface area (Å²) in [4.78, 5) is 8.83. The van der Waals surface area contributed by atoms with Crippen molar-refractivity contribution in [1.29, 1.82) is 0 Å². The molecule has 136 valence electrons. The lowest BCUT2D eigenvalue weighted by atomic mass is 10.2. The summed E-state index contributed by atoms with van der Waals surface area (Å²) in [5.41, 5.74) is 9.37. The number of rotatable bonds is 6. The number of anilines is 1. The third-order valence-electron chi connectivity index (χ3n) is 3.94. The second-order valence-electron chi connectivity index (χ2n) is 5.96. The van der Waals surface area contributed by atoms with E-state index in [9.17, 15) is 0 Å². The van der Waals surface area contributed by atoms with E-state index in [0.717, 1.165) is 24.5 Å². The van der Waals surface area contributed by atoms with Gasteiger partial charge in [0.05, 0.1) is 0 Å². The maximum absolute atomic E-state index is 5.96. The summed E-state index contributed by atoms with van der Waals surface area (Å²) in [5, 5.41) is 3.10. The number of imidazole rings is 1. The van der Waals surface area contributed by atoms with E-state index in [4.69, 9.17) is 5.73 Å². The number of hydrogen-bond donors (Lipinski definition) is 2. The molecule has 0 saturated carbocycles. The van der Waals surface area contributed by atoms with Crippen molar-refractivity contribution in [3.05, 3.63) is 83.9 Å². The van der Waals surface area contributed by atoms with Gasteiger partial charge in [0.1, 0.15) is 5.82 Å². The summed E-state index contributed by atoms with van der Waals surface area (Å²) < 4.78 is 2.15. The van der Waals surface area contributed by atoms with Crippen LogP contribution in [0.3, 0.4) is 0 Å². The molecule has 0 unspecified atom stereocenters. The normalized spacial score (nSPS) is 11.0. The van der Waals surface area contributed by atoms with Gasteiger partial charge in [-0.1, -0.05) is 48.0 Å². The lowest BCUT2D eigenvalue weighted by Crippen LogP contribution is -2.23. The van der Waals surface area contributed by atoms with Crippen molar-refractivity contribution in [2.24, 2.45) is 10.7 Å². The molecule has 0 radical (unpaired) electrons. The number of nitrogens with two attached hydrogens (primary N) is 1. The number of nitrogens with zero attached hydrogens (tertiary/aromatic N) is 3. The van der Waals surface area contributed by atoms with E-state index >= 15 is 0 Å². The zero-order valence-electron chi connectivity index (χ0n) is 14.8. The Kier molecular flexibility index (Phi) is 7.65. The summed E-state index contributed by atoms with van der Waals surface area (Å²) in [6.45, 7) is 3.46. The minimum absolute atomic E-state index is 0. The monoisotopic (exact) mass is 461 g/mol. The van der Waals surface area contributed by atoms with E-state index < -0.39 is 0 Å². The first kappa shape index (κ1) is 20.0. The molecule has 0 bridgehead atoms. The van der Waals surface area contributed by atoms with E-state index in [1.54, 1.807) is 0 Å². The van der Waals surface area contributed by atoms with Gasteiger partial charge in [-0.05, 0) is 24.6 Å². The van der Waals surface area contributed by atoms with E-state index in [-0.39, 0.29) is 24.0 Å². The molecule has 0 saturated heterocycles. The molecule has 3 aromatic rings. The molecule has 3 N–H and O–H groups in total. The Morgan fingerprint density at radius 1 is 1.12 bits per heavy atom. The van der Waals surface area contributed by atoms with Crippen LogP contribution in [0.25, 0.3) is 0 Å². The van der Waals surface area contributed by atoms with Gasteiger partial charge >= 0.3 is 0 Å². The van der Waals surface area contributed by atoms with Gasteiger partial charge in [-0.25, -0.2) is 4.98 Å². The number of halogens is 1. The van der Waals surface area contributed by atoms with Crippen LogP contribution >= 0.6 is 24.0 Å². The molecule has 0 amide bonds. The smallest absolute Gasteiger partial charge is 0.193 e. The number of benzene rings is 2. The third-order valence-corrected chi connectivity index (χ3v) is 3.94. The minimum atomic E-state index is 0. The Hall–Kier alpha value is -2.35. The summed E-state index contributed by atoms with van der Waals surface area (Å²) >= 11 is 0. The van der Waals surface area contributed by atoms with Crippen LogP contribution in [-0.2, 0) is 13.0 Å². The molecular weight excluding hydrogens is 437 g/mol. The number of aliphatic imine (C=N–C) groups is 1. The van der Waals surface area contributed by atoms with Crippen LogP contribution in [0, 0.1) is 6.92 Å². The van der Waals surface area contributed by atoms with E-state index in [1.165, 1.54) is 11.1 Å². The van der Waals surface area contributed by atoms with Gasteiger partial charge in [-0.3, -0.25) is 4.99 Å². The molecule has 1 heterocycles. The Balaban J connectivity index is 0.00000243. The van der Waals surface area contributed by atoms with Crippen LogP contribution in [-0.4, -0.2) is 22.1 Å². The van der Waals surface area contributed by atoms with E-state index in [2.05, 4.69) is 38.9 Å². The van der Waals surface area contributed by atoms with Crippen molar-refractivity contribution in [2.45, 2.75) is 19.9 Å². The third kappa shape index (κ3) is 5.87. The topological polar surface area (TPSA) is 68.2 Å². The first-order valence-corrected chi connectivity index (χ1v) is 8.38. The largest absolute Gasteiger partial charge is 0.370 e. The summed E-state index contributed by atoms with van der Waals surface area (Å²) in [6.07, 6.45) is 4.58. The number of aryl methyl sites for hydroxylation is 1. The molecule has 0 aliphatic heterocycles. The van der Waals surface area contributed by atoms with Crippen molar-refractivity contribution < 1.29 is 0 Å². The molecule has 5 nitrogen and oxygen atoms in total. The molecule has 1 aromatic heterocycles. The molecule has 0 fully saturated rings. The molecule has 3 rings (SSSR count). The lowest BCUT2D eigenvalue weighted by molar-refractivity contribution is 0.716. The molecule has 6 heteroatoms. The minimum Gasteiger partial charge on any atom is -0.370 e. The van der Waals surface area contributed by atoms with Crippen molar-refractivity contribution >= 4 is 35.6 Å². The van der Waals surface area contributed by atoms with E-state index in [0.29, 0.717) is 12.5 Å². The fourth-order valence-electron chi connectivity index (χ4n) is 2.59. The summed E-state index contributed by atoms with van der Waals surface area (Å²) in [7, 11) is 0. The number of aromatic nitrogens is 2. The Bertz CT molecular complexity index is 825. The van der Waals surface area contributed by atoms with Crippen LogP contribution < -0.4 is 11.1 Å². The average Bonchev–Trinajstić information content (AvgIpc) is 3.05. The van der Waals surface area contributed by atoms with Gasteiger partial charge in [0.2, 0.25) is 0 Å². The van der Waals surface area contributed by atoms with Gasteiger partial charge in [0.15, 0.2) is 5.96 Å². The van der Waals surface area contributed by atoms with Gasteiger partial charge in [0, 0.05) is 37.6 Å². The van der Waals surface area contributed by atoms with Crippen molar-refractivity contribution in [3.63, 3.8) is 0 Å². The molecular formula is C20H24IN5. The quantitative estimate of drug-likeness (QED) is 0.333. The highest BCUT2D eigenvalue weighted by Gasteiger charge is 2.03. The Labute approximate surface area is 171 Å². The maximum atomic E-state index is 5.96. The second-order valence-corrected chi connectivity index (χ2v) is 5.96. The van der Waals surface area contributed by atoms with Crippen LogP contribution in [0.5, 0.6) is 0 Å².